The molecule has 2 aliphatic heterocycles. The van der Waals surface area contributed by atoms with E-state index in [0.29, 0.717) is 29.2 Å². The zero-order chi connectivity index (χ0) is 22.5. The van der Waals surface area contributed by atoms with Crippen molar-refractivity contribution in [2.24, 2.45) is 5.41 Å². The lowest BCUT2D eigenvalue weighted by Crippen LogP contribution is -2.44. The summed E-state index contributed by atoms with van der Waals surface area (Å²) < 4.78 is 40.8. The number of rotatable bonds is 3. The van der Waals surface area contributed by atoms with Gasteiger partial charge in [-0.3, -0.25) is 19.4 Å². The lowest BCUT2D eigenvalue weighted by molar-refractivity contribution is -0.141. The molecule has 2 saturated heterocycles. The summed E-state index contributed by atoms with van der Waals surface area (Å²) in [4.78, 5) is 25.1. The number of aromatic amines is 1. The smallest absolute Gasteiger partial charge is 0.371 e. The van der Waals surface area contributed by atoms with Crippen LogP contribution in [-0.2, 0) is 12.7 Å². The fraction of sp³-hybridized carbons (Fsp3) is 0.524. The van der Waals surface area contributed by atoms with Gasteiger partial charge in [-0.15, -0.1) is 0 Å². The average Bonchev–Trinajstić information content (AvgIpc) is 3.42. The topological polar surface area (TPSA) is 82.9 Å². The number of piperidine rings is 1. The molecule has 5 rings (SSSR count). The summed E-state index contributed by atoms with van der Waals surface area (Å²) in [6.07, 6.45) is 0.993. The highest BCUT2D eigenvalue weighted by atomic mass is 19.4. The predicted molar refractivity (Wildman–Crippen MR) is 114 cm³/mol. The number of pyridine rings is 1. The van der Waals surface area contributed by atoms with Crippen LogP contribution < -0.4 is 15.4 Å². The van der Waals surface area contributed by atoms with Gasteiger partial charge in [0.15, 0.2) is 5.65 Å². The Balaban J connectivity index is 1.33. The van der Waals surface area contributed by atoms with E-state index in [-0.39, 0.29) is 11.0 Å². The minimum atomic E-state index is -4.45. The molecule has 3 aromatic heterocycles. The quantitative estimate of drug-likeness (QED) is 0.665. The van der Waals surface area contributed by atoms with Crippen LogP contribution in [0.5, 0.6) is 0 Å². The summed E-state index contributed by atoms with van der Waals surface area (Å²) in [6.45, 7) is 5.35. The molecule has 11 heteroatoms. The van der Waals surface area contributed by atoms with Crippen LogP contribution in [0.25, 0.3) is 11.0 Å². The van der Waals surface area contributed by atoms with Crippen LogP contribution in [0.3, 0.4) is 0 Å². The van der Waals surface area contributed by atoms with Crippen LogP contribution in [0.2, 0.25) is 0 Å². The number of alkyl halides is 3. The van der Waals surface area contributed by atoms with Crippen molar-refractivity contribution in [1.29, 1.82) is 0 Å². The van der Waals surface area contributed by atoms with E-state index in [1.165, 1.54) is 12.4 Å². The second kappa shape index (κ2) is 7.49. The van der Waals surface area contributed by atoms with Crippen molar-refractivity contribution in [1.82, 2.24) is 24.7 Å². The minimum Gasteiger partial charge on any atom is -0.371 e. The van der Waals surface area contributed by atoms with Gasteiger partial charge in [0.05, 0.1) is 6.20 Å². The fourth-order valence-electron chi connectivity index (χ4n) is 4.96. The molecule has 0 unspecified atom stereocenters. The van der Waals surface area contributed by atoms with E-state index in [1.807, 2.05) is 11.8 Å². The summed E-state index contributed by atoms with van der Waals surface area (Å²) in [5.74, 6) is 0.642. The number of aromatic nitrogens is 5. The highest BCUT2D eigenvalue weighted by Gasteiger charge is 2.42. The van der Waals surface area contributed by atoms with E-state index in [2.05, 4.69) is 25.1 Å². The third-order valence-electron chi connectivity index (χ3n) is 6.81. The first-order chi connectivity index (χ1) is 15.3. The monoisotopic (exact) mass is 447 g/mol. The highest BCUT2D eigenvalue weighted by Crippen LogP contribution is 2.43. The molecule has 32 heavy (non-hydrogen) atoms. The summed E-state index contributed by atoms with van der Waals surface area (Å²) in [5, 5.41) is 7.20. The van der Waals surface area contributed by atoms with Crippen LogP contribution in [0.1, 0.15) is 31.9 Å². The molecule has 0 aromatic carbocycles. The van der Waals surface area contributed by atoms with E-state index in [1.54, 1.807) is 10.6 Å². The van der Waals surface area contributed by atoms with E-state index in [0.717, 1.165) is 51.5 Å². The van der Waals surface area contributed by atoms with Crippen LogP contribution in [0.4, 0.5) is 24.8 Å². The van der Waals surface area contributed by atoms with Gasteiger partial charge in [-0.25, -0.2) is 0 Å². The Kier molecular flexibility index (Phi) is 4.86. The van der Waals surface area contributed by atoms with Gasteiger partial charge in [0.2, 0.25) is 5.95 Å². The third kappa shape index (κ3) is 3.49. The Morgan fingerprint density at radius 2 is 1.88 bits per heavy atom. The third-order valence-corrected chi connectivity index (χ3v) is 6.81. The molecule has 0 saturated carbocycles. The molecular weight excluding hydrogens is 423 g/mol. The molecule has 0 aliphatic carbocycles. The molecule has 0 radical (unpaired) electrons. The van der Waals surface area contributed by atoms with Crippen molar-refractivity contribution in [3.63, 3.8) is 0 Å². The largest absolute Gasteiger partial charge is 0.433 e. The SMILES string of the molecule is CCn1c(N2CCC3(CCN(c4ccnc(C(F)(F)F)c4)C3)CC2)nc2[nH]ncc2c1=O. The number of hydrogen-bond acceptors (Lipinski definition) is 6. The number of nitrogens with zero attached hydrogens (tertiary/aromatic N) is 6. The van der Waals surface area contributed by atoms with E-state index >= 15 is 0 Å². The lowest BCUT2D eigenvalue weighted by atomic mass is 9.78. The van der Waals surface area contributed by atoms with Crippen LogP contribution in [0, 0.1) is 5.41 Å². The molecule has 0 atom stereocenters. The number of halogens is 3. The van der Waals surface area contributed by atoms with E-state index < -0.39 is 11.9 Å². The fourth-order valence-corrected chi connectivity index (χ4v) is 4.96. The summed E-state index contributed by atoms with van der Waals surface area (Å²) in [6, 6.07) is 2.78. The first-order valence-corrected chi connectivity index (χ1v) is 10.8. The number of nitrogens with one attached hydrogen (secondary N) is 1. The van der Waals surface area contributed by atoms with Crippen LogP contribution >= 0.6 is 0 Å². The second-order valence-electron chi connectivity index (χ2n) is 8.65. The molecule has 0 bridgehead atoms. The van der Waals surface area contributed by atoms with Gasteiger partial charge in [0, 0.05) is 44.6 Å². The van der Waals surface area contributed by atoms with E-state index in [4.69, 9.17) is 0 Å². The molecule has 2 fully saturated rings. The number of fused-ring (bicyclic) bond motifs is 1. The van der Waals surface area contributed by atoms with Crippen molar-refractivity contribution in [2.45, 2.75) is 38.9 Å². The maximum absolute atomic E-state index is 13.1. The van der Waals surface area contributed by atoms with Gasteiger partial charge in [-0.2, -0.15) is 23.3 Å². The highest BCUT2D eigenvalue weighted by molar-refractivity contribution is 5.74. The van der Waals surface area contributed by atoms with Gasteiger partial charge in [-0.05, 0) is 43.7 Å². The number of anilines is 2. The average molecular weight is 447 g/mol. The predicted octanol–water partition coefficient (Wildman–Crippen LogP) is 3.05. The molecule has 0 amide bonds. The molecule has 5 heterocycles. The van der Waals surface area contributed by atoms with Crippen molar-refractivity contribution in [2.75, 3.05) is 36.0 Å². The van der Waals surface area contributed by atoms with Crippen molar-refractivity contribution >= 4 is 22.7 Å². The normalized spacial score (nSPS) is 18.8. The van der Waals surface area contributed by atoms with Crippen molar-refractivity contribution in [3.05, 3.63) is 40.6 Å². The minimum absolute atomic E-state index is 0.0492. The molecule has 3 aromatic rings. The maximum atomic E-state index is 13.1. The first-order valence-electron chi connectivity index (χ1n) is 10.8. The Hall–Kier alpha value is -3.11. The summed E-state index contributed by atoms with van der Waals surface area (Å²) in [7, 11) is 0. The lowest BCUT2D eigenvalue weighted by Gasteiger charge is -2.40. The number of H-pyrrole nitrogens is 1. The zero-order valence-electron chi connectivity index (χ0n) is 17.7. The van der Waals surface area contributed by atoms with Gasteiger partial charge in [-0.1, -0.05) is 0 Å². The van der Waals surface area contributed by atoms with Crippen LogP contribution in [-0.4, -0.2) is 50.9 Å². The summed E-state index contributed by atoms with van der Waals surface area (Å²) in [5.41, 5.74) is 0.140. The molecule has 2 aliphatic rings. The molecule has 170 valence electrons. The van der Waals surface area contributed by atoms with Gasteiger partial charge >= 0.3 is 6.18 Å². The maximum Gasteiger partial charge on any atom is 0.433 e. The molecule has 1 spiro atoms. The Bertz CT molecular complexity index is 1190. The molecule has 1 N–H and O–H groups in total. The van der Waals surface area contributed by atoms with Crippen molar-refractivity contribution in [3.8, 4) is 0 Å². The Morgan fingerprint density at radius 1 is 1.16 bits per heavy atom. The van der Waals surface area contributed by atoms with Gasteiger partial charge in [0.25, 0.3) is 5.56 Å². The second-order valence-corrected chi connectivity index (χ2v) is 8.65. The first kappa shape index (κ1) is 20.8. The van der Waals surface area contributed by atoms with Crippen LogP contribution in [0.15, 0.2) is 29.3 Å². The molecular formula is C21H24F3N7O. The van der Waals surface area contributed by atoms with Gasteiger partial charge in [0.1, 0.15) is 11.1 Å². The number of hydrogen-bond donors (Lipinski definition) is 1. The Morgan fingerprint density at radius 3 is 2.56 bits per heavy atom. The Labute approximate surface area is 182 Å². The summed E-state index contributed by atoms with van der Waals surface area (Å²) >= 11 is 0. The molecule has 8 nitrogen and oxygen atoms in total. The standard InChI is InChI=1S/C21H24F3N7O/c1-2-31-18(32)15-12-26-28-17(15)27-19(31)29-8-4-20(5-9-29)6-10-30(13-20)14-3-7-25-16(11-14)21(22,23)24/h3,7,11-12H,2,4-6,8-10,13H2,1H3,(H,26,28). The van der Waals surface area contributed by atoms with Gasteiger partial charge < -0.3 is 9.80 Å². The zero-order valence-corrected chi connectivity index (χ0v) is 17.7. The van der Waals surface area contributed by atoms with E-state index in [9.17, 15) is 18.0 Å². The van der Waals surface area contributed by atoms with Crippen molar-refractivity contribution < 1.29 is 13.2 Å².